The van der Waals surface area contributed by atoms with Crippen molar-refractivity contribution in [3.8, 4) is 0 Å². The molecular weight excluding hydrogens is 312 g/mol. The van der Waals surface area contributed by atoms with E-state index < -0.39 is 0 Å². The molecule has 1 aromatic carbocycles. The van der Waals surface area contributed by atoms with Gasteiger partial charge in [0.05, 0.1) is 0 Å². The van der Waals surface area contributed by atoms with Crippen LogP contribution in [0.4, 0.5) is 5.69 Å². The fourth-order valence-corrected chi connectivity index (χ4v) is 3.50. The minimum atomic E-state index is 0.380. The summed E-state index contributed by atoms with van der Waals surface area (Å²) >= 11 is 3.60. The summed E-state index contributed by atoms with van der Waals surface area (Å²) in [6.45, 7) is 9.32. The second-order valence-electron chi connectivity index (χ2n) is 6.28. The fourth-order valence-electron chi connectivity index (χ4n) is 3.12. The predicted octanol–water partition coefficient (Wildman–Crippen LogP) is 4.60. The zero-order valence-electron chi connectivity index (χ0n) is 13.1. The Bertz CT molecular complexity index is 437. The molecule has 1 unspecified atom stereocenters. The van der Waals surface area contributed by atoms with Crippen LogP contribution < -0.4 is 10.2 Å². The van der Waals surface area contributed by atoms with E-state index in [9.17, 15) is 0 Å². The SMILES string of the molecule is CNC(C)c1cc(Br)ccc1N1CCC(C(C)C)CC1. The summed E-state index contributed by atoms with van der Waals surface area (Å²) in [5.41, 5.74) is 2.79. The summed E-state index contributed by atoms with van der Waals surface area (Å²) in [5, 5.41) is 3.37. The summed E-state index contributed by atoms with van der Waals surface area (Å²) in [7, 11) is 2.03. The summed E-state index contributed by atoms with van der Waals surface area (Å²) in [6.07, 6.45) is 2.64. The average Bonchev–Trinajstić information content (AvgIpc) is 2.46. The first-order valence-corrected chi connectivity index (χ1v) is 8.54. The van der Waals surface area contributed by atoms with Gasteiger partial charge in [0.1, 0.15) is 0 Å². The second-order valence-corrected chi connectivity index (χ2v) is 7.20. The molecule has 0 saturated carbocycles. The second kappa shape index (κ2) is 6.95. The number of anilines is 1. The van der Waals surface area contributed by atoms with Gasteiger partial charge in [0.25, 0.3) is 0 Å². The summed E-state index contributed by atoms with van der Waals surface area (Å²) in [5.74, 6) is 1.71. The van der Waals surface area contributed by atoms with Crippen molar-refractivity contribution in [1.29, 1.82) is 0 Å². The topological polar surface area (TPSA) is 15.3 Å². The maximum atomic E-state index is 3.60. The van der Waals surface area contributed by atoms with E-state index in [0.29, 0.717) is 6.04 Å². The van der Waals surface area contributed by atoms with E-state index in [1.807, 2.05) is 7.05 Å². The first-order chi connectivity index (χ1) is 9.52. The molecule has 0 bridgehead atoms. The van der Waals surface area contributed by atoms with Crippen LogP contribution in [-0.4, -0.2) is 20.1 Å². The van der Waals surface area contributed by atoms with Crippen molar-refractivity contribution in [3.63, 3.8) is 0 Å². The van der Waals surface area contributed by atoms with Crippen molar-refractivity contribution >= 4 is 21.6 Å². The molecule has 1 aromatic rings. The molecule has 0 amide bonds. The van der Waals surface area contributed by atoms with Crippen molar-refractivity contribution in [2.45, 2.75) is 39.7 Å². The quantitative estimate of drug-likeness (QED) is 0.862. The van der Waals surface area contributed by atoms with Gasteiger partial charge < -0.3 is 10.2 Å². The number of piperidine rings is 1. The van der Waals surface area contributed by atoms with Crippen molar-refractivity contribution in [2.24, 2.45) is 11.8 Å². The monoisotopic (exact) mass is 338 g/mol. The highest BCUT2D eigenvalue weighted by atomic mass is 79.9. The number of hydrogen-bond donors (Lipinski definition) is 1. The lowest BCUT2D eigenvalue weighted by molar-refractivity contribution is 0.311. The largest absolute Gasteiger partial charge is 0.371 e. The molecule has 0 aliphatic carbocycles. The van der Waals surface area contributed by atoms with Gasteiger partial charge in [-0.3, -0.25) is 0 Å². The molecule has 1 fully saturated rings. The van der Waals surface area contributed by atoms with Crippen molar-refractivity contribution in [3.05, 3.63) is 28.2 Å². The zero-order chi connectivity index (χ0) is 14.7. The van der Waals surface area contributed by atoms with E-state index in [2.05, 4.69) is 65.1 Å². The Morgan fingerprint density at radius 2 is 1.85 bits per heavy atom. The summed E-state index contributed by atoms with van der Waals surface area (Å²) in [4.78, 5) is 2.56. The van der Waals surface area contributed by atoms with Crippen LogP contribution in [0.2, 0.25) is 0 Å². The highest BCUT2D eigenvalue weighted by Gasteiger charge is 2.23. The standard InChI is InChI=1S/C17H27BrN2/c1-12(2)14-7-9-20(10-8-14)17-6-5-15(18)11-16(17)13(3)19-4/h5-6,11-14,19H,7-10H2,1-4H3. The van der Waals surface area contributed by atoms with Crippen LogP contribution in [0, 0.1) is 11.8 Å². The number of nitrogens with zero attached hydrogens (tertiary/aromatic N) is 1. The van der Waals surface area contributed by atoms with E-state index in [4.69, 9.17) is 0 Å². The molecule has 1 aliphatic heterocycles. The van der Waals surface area contributed by atoms with Crippen LogP contribution in [0.1, 0.15) is 45.2 Å². The molecule has 1 aliphatic rings. The van der Waals surface area contributed by atoms with E-state index in [1.165, 1.54) is 37.2 Å². The predicted molar refractivity (Wildman–Crippen MR) is 91.4 cm³/mol. The molecule has 1 atom stereocenters. The van der Waals surface area contributed by atoms with Gasteiger partial charge in [0.2, 0.25) is 0 Å². The van der Waals surface area contributed by atoms with Gasteiger partial charge >= 0.3 is 0 Å². The van der Waals surface area contributed by atoms with Gasteiger partial charge in [-0.25, -0.2) is 0 Å². The van der Waals surface area contributed by atoms with Crippen LogP contribution in [0.25, 0.3) is 0 Å². The average molecular weight is 339 g/mol. The molecule has 2 rings (SSSR count). The number of benzene rings is 1. The Morgan fingerprint density at radius 1 is 1.20 bits per heavy atom. The van der Waals surface area contributed by atoms with Gasteiger partial charge in [0.15, 0.2) is 0 Å². The van der Waals surface area contributed by atoms with Gasteiger partial charge in [-0.05, 0) is 62.4 Å². The highest BCUT2D eigenvalue weighted by molar-refractivity contribution is 9.10. The lowest BCUT2D eigenvalue weighted by Crippen LogP contribution is -2.36. The molecule has 112 valence electrons. The third-order valence-corrected chi connectivity index (χ3v) is 5.21. The molecule has 0 spiro atoms. The molecule has 2 nitrogen and oxygen atoms in total. The lowest BCUT2D eigenvalue weighted by Gasteiger charge is -2.37. The summed E-state index contributed by atoms with van der Waals surface area (Å²) in [6, 6.07) is 7.06. The van der Waals surface area contributed by atoms with Gasteiger partial charge in [-0.1, -0.05) is 29.8 Å². The molecule has 0 aromatic heterocycles. The first-order valence-electron chi connectivity index (χ1n) is 7.74. The summed E-state index contributed by atoms with van der Waals surface area (Å²) < 4.78 is 1.16. The van der Waals surface area contributed by atoms with Gasteiger partial charge in [-0.2, -0.15) is 0 Å². The molecule has 3 heteroatoms. The van der Waals surface area contributed by atoms with Crippen LogP contribution in [0.5, 0.6) is 0 Å². The van der Waals surface area contributed by atoms with E-state index in [-0.39, 0.29) is 0 Å². The minimum absolute atomic E-state index is 0.380. The van der Waals surface area contributed by atoms with Crippen molar-refractivity contribution in [2.75, 3.05) is 25.0 Å². The number of hydrogen-bond acceptors (Lipinski definition) is 2. The van der Waals surface area contributed by atoms with Gasteiger partial charge in [-0.15, -0.1) is 0 Å². The maximum absolute atomic E-state index is 3.60. The van der Waals surface area contributed by atoms with E-state index >= 15 is 0 Å². The molecule has 1 N–H and O–H groups in total. The minimum Gasteiger partial charge on any atom is -0.371 e. The Balaban J connectivity index is 2.17. The Hall–Kier alpha value is -0.540. The van der Waals surface area contributed by atoms with Gasteiger partial charge in [0, 0.05) is 29.3 Å². The van der Waals surface area contributed by atoms with Crippen LogP contribution >= 0.6 is 15.9 Å². The molecule has 20 heavy (non-hydrogen) atoms. The van der Waals surface area contributed by atoms with Crippen LogP contribution in [0.3, 0.4) is 0 Å². The third kappa shape index (κ3) is 3.56. The number of nitrogens with one attached hydrogen (secondary N) is 1. The Kier molecular flexibility index (Phi) is 5.50. The van der Waals surface area contributed by atoms with Crippen LogP contribution in [0.15, 0.2) is 22.7 Å². The zero-order valence-corrected chi connectivity index (χ0v) is 14.7. The molecule has 1 saturated heterocycles. The number of rotatable bonds is 4. The smallest absolute Gasteiger partial charge is 0.0415 e. The third-order valence-electron chi connectivity index (χ3n) is 4.71. The van der Waals surface area contributed by atoms with Crippen molar-refractivity contribution < 1.29 is 0 Å². The molecule has 1 heterocycles. The van der Waals surface area contributed by atoms with Crippen molar-refractivity contribution in [1.82, 2.24) is 5.32 Å². The Labute approximate surface area is 132 Å². The normalized spacial score (nSPS) is 18.6. The highest BCUT2D eigenvalue weighted by Crippen LogP contribution is 2.33. The lowest BCUT2D eigenvalue weighted by atomic mass is 9.86. The molecule has 0 radical (unpaired) electrons. The Morgan fingerprint density at radius 3 is 2.40 bits per heavy atom. The van der Waals surface area contributed by atoms with E-state index in [1.54, 1.807) is 0 Å². The molecular formula is C17H27BrN2. The van der Waals surface area contributed by atoms with E-state index in [0.717, 1.165) is 16.3 Å². The maximum Gasteiger partial charge on any atom is 0.0415 e. The van der Waals surface area contributed by atoms with Crippen LogP contribution in [-0.2, 0) is 0 Å². The number of halogens is 1. The first kappa shape index (κ1) is 15.8. The fraction of sp³-hybridized carbons (Fsp3) is 0.647.